The molecule has 0 aromatic heterocycles. The minimum Gasteiger partial charge on any atom is -0.438 e. The smallest absolute Gasteiger partial charge is 0.438 e. The fraction of sp³-hybridized carbons (Fsp3) is 0.400. The quantitative estimate of drug-likeness (QED) is 0.771. The van der Waals surface area contributed by atoms with Gasteiger partial charge in [0.2, 0.25) is 0 Å². The summed E-state index contributed by atoms with van der Waals surface area (Å²) in [5, 5.41) is 11.8. The molecular formula is C15H12F3N3O3. The van der Waals surface area contributed by atoms with Gasteiger partial charge in [-0.25, -0.2) is 4.79 Å². The first-order chi connectivity index (χ1) is 11.3. The number of carbonyl (C=O) groups excluding carboxylic acids is 2. The Kier molecular flexibility index (Phi) is 3.93. The largest absolute Gasteiger partial charge is 0.490 e. The number of hydrogen-bond acceptors (Lipinski definition) is 5. The number of alkyl halides is 3. The van der Waals surface area contributed by atoms with Crippen molar-refractivity contribution in [1.29, 1.82) is 5.26 Å². The maximum Gasteiger partial charge on any atom is 0.490 e. The van der Waals surface area contributed by atoms with Crippen LogP contribution in [0.5, 0.6) is 0 Å². The SMILES string of the molecule is N#Cc1cccc2c1C(=O)N1CCNC(OC(=O)C(F)(F)F)C1C2. The Morgan fingerprint density at radius 2 is 2.17 bits per heavy atom. The van der Waals surface area contributed by atoms with Gasteiger partial charge in [0.25, 0.3) is 5.91 Å². The van der Waals surface area contributed by atoms with Crippen LogP contribution in [0.1, 0.15) is 21.5 Å². The molecule has 2 aliphatic heterocycles. The van der Waals surface area contributed by atoms with Crippen LogP contribution in [0.4, 0.5) is 13.2 Å². The third-order valence-electron chi connectivity index (χ3n) is 4.09. The van der Waals surface area contributed by atoms with E-state index in [1.807, 2.05) is 6.07 Å². The molecule has 2 atom stereocenters. The van der Waals surface area contributed by atoms with Crippen LogP contribution in [-0.2, 0) is 16.0 Å². The molecule has 1 aromatic carbocycles. The summed E-state index contributed by atoms with van der Waals surface area (Å²) in [5.41, 5.74) is 1.04. The van der Waals surface area contributed by atoms with Crippen LogP contribution in [0.3, 0.4) is 0 Å². The predicted octanol–water partition coefficient (Wildman–Crippen LogP) is 0.960. The summed E-state index contributed by atoms with van der Waals surface area (Å²) >= 11 is 0. The zero-order chi connectivity index (χ0) is 17.5. The summed E-state index contributed by atoms with van der Waals surface area (Å²) in [5.74, 6) is -2.74. The van der Waals surface area contributed by atoms with Crippen molar-refractivity contribution < 1.29 is 27.5 Å². The monoisotopic (exact) mass is 339 g/mol. The van der Waals surface area contributed by atoms with E-state index in [0.29, 0.717) is 5.56 Å². The molecular weight excluding hydrogens is 327 g/mol. The number of esters is 1. The number of piperazine rings is 1. The van der Waals surface area contributed by atoms with Gasteiger partial charge in [0, 0.05) is 13.1 Å². The number of amides is 1. The maximum absolute atomic E-state index is 12.6. The van der Waals surface area contributed by atoms with Gasteiger partial charge in [0.1, 0.15) is 0 Å². The third-order valence-corrected chi connectivity index (χ3v) is 4.09. The molecule has 0 spiro atoms. The normalized spacial score (nSPS) is 23.1. The van der Waals surface area contributed by atoms with Crippen LogP contribution in [0, 0.1) is 11.3 Å². The van der Waals surface area contributed by atoms with E-state index in [4.69, 9.17) is 5.26 Å². The Morgan fingerprint density at radius 1 is 1.42 bits per heavy atom. The molecule has 0 aliphatic carbocycles. The summed E-state index contributed by atoms with van der Waals surface area (Å²) in [4.78, 5) is 25.1. The first-order valence-corrected chi connectivity index (χ1v) is 7.17. The highest BCUT2D eigenvalue weighted by Gasteiger charge is 2.47. The highest BCUT2D eigenvalue weighted by atomic mass is 19.4. The number of hydrogen-bond donors (Lipinski definition) is 1. The lowest BCUT2D eigenvalue weighted by molar-refractivity contribution is -0.210. The second-order valence-corrected chi connectivity index (χ2v) is 5.50. The fourth-order valence-corrected chi connectivity index (χ4v) is 3.05. The molecule has 0 bridgehead atoms. The summed E-state index contributed by atoms with van der Waals surface area (Å²) in [6, 6.07) is 5.96. The molecule has 1 N–H and O–H groups in total. The Bertz CT molecular complexity index is 742. The predicted molar refractivity (Wildman–Crippen MR) is 73.6 cm³/mol. The molecule has 0 saturated carbocycles. The first-order valence-electron chi connectivity index (χ1n) is 7.17. The molecule has 1 saturated heterocycles. The number of carbonyl (C=O) groups is 2. The van der Waals surface area contributed by atoms with E-state index in [2.05, 4.69) is 10.1 Å². The van der Waals surface area contributed by atoms with Crippen LogP contribution in [0.2, 0.25) is 0 Å². The molecule has 1 aromatic rings. The zero-order valence-corrected chi connectivity index (χ0v) is 12.3. The van der Waals surface area contributed by atoms with Crippen molar-refractivity contribution in [3.8, 4) is 6.07 Å². The van der Waals surface area contributed by atoms with E-state index in [1.54, 1.807) is 12.1 Å². The van der Waals surface area contributed by atoms with E-state index >= 15 is 0 Å². The van der Waals surface area contributed by atoms with Gasteiger partial charge in [0.05, 0.1) is 23.2 Å². The number of halogens is 3. The number of benzene rings is 1. The van der Waals surface area contributed by atoms with Crippen LogP contribution in [0.15, 0.2) is 18.2 Å². The van der Waals surface area contributed by atoms with Gasteiger partial charge in [-0.3, -0.25) is 10.1 Å². The number of nitrogens with zero attached hydrogens (tertiary/aromatic N) is 2. The van der Waals surface area contributed by atoms with Gasteiger partial charge in [-0.05, 0) is 18.1 Å². The van der Waals surface area contributed by atoms with E-state index < -0.39 is 30.3 Å². The van der Waals surface area contributed by atoms with Crippen LogP contribution in [-0.4, -0.2) is 48.3 Å². The zero-order valence-electron chi connectivity index (χ0n) is 12.3. The second-order valence-electron chi connectivity index (χ2n) is 5.50. The fourth-order valence-electron chi connectivity index (χ4n) is 3.05. The van der Waals surface area contributed by atoms with Crippen LogP contribution >= 0.6 is 0 Å². The average molecular weight is 339 g/mol. The second kappa shape index (κ2) is 5.79. The Hall–Kier alpha value is -2.60. The Balaban J connectivity index is 1.91. The molecule has 24 heavy (non-hydrogen) atoms. The molecule has 0 radical (unpaired) electrons. The molecule has 126 valence electrons. The molecule has 3 rings (SSSR count). The van der Waals surface area contributed by atoms with Crippen molar-refractivity contribution in [3.05, 3.63) is 34.9 Å². The summed E-state index contributed by atoms with van der Waals surface area (Å²) in [6.07, 6.45) is -6.16. The number of nitrogens with one attached hydrogen (secondary N) is 1. The van der Waals surface area contributed by atoms with E-state index in [1.165, 1.54) is 11.0 Å². The third kappa shape index (κ3) is 2.69. The molecule has 2 heterocycles. The summed E-state index contributed by atoms with van der Waals surface area (Å²) < 4.78 is 41.8. The van der Waals surface area contributed by atoms with Crippen LogP contribution in [0.25, 0.3) is 0 Å². The number of nitriles is 1. The molecule has 9 heteroatoms. The Labute approximate surface area is 134 Å². The number of ether oxygens (including phenoxy) is 1. The van der Waals surface area contributed by atoms with E-state index in [9.17, 15) is 22.8 Å². The molecule has 1 amide bonds. The molecule has 6 nitrogen and oxygen atoms in total. The van der Waals surface area contributed by atoms with Gasteiger partial charge >= 0.3 is 12.1 Å². The molecule has 2 unspecified atom stereocenters. The van der Waals surface area contributed by atoms with Gasteiger partial charge < -0.3 is 9.64 Å². The van der Waals surface area contributed by atoms with Crippen molar-refractivity contribution in [3.63, 3.8) is 0 Å². The molecule has 2 aliphatic rings. The minimum absolute atomic E-state index is 0.183. The van der Waals surface area contributed by atoms with Crippen LogP contribution < -0.4 is 5.32 Å². The topological polar surface area (TPSA) is 82.4 Å². The van der Waals surface area contributed by atoms with Crippen molar-refractivity contribution in [2.45, 2.75) is 24.9 Å². The number of fused-ring (bicyclic) bond motifs is 2. The van der Waals surface area contributed by atoms with Gasteiger partial charge in [-0.15, -0.1) is 0 Å². The Morgan fingerprint density at radius 3 is 2.83 bits per heavy atom. The lowest BCUT2D eigenvalue weighted by Gasteiger charge is -2.44. The van der Waals surface area contributed by atoms with Gasteiger partial charge in [-0.2, -0.15) is 18.4 Å². The standard InChI is InChI=1S/C15H12F3N3O3/c16-15(17,18)14(23)24-12-10-6-8-2-1-3-9(7-19)11(8)13(22)21(10)5-4-20-12/h1-3,10,12,20H,4-6H2. The number of rotatable bonds is 1. The maximum atomic E-state index is 12.6. The van der Waals surface area contributed by atoms with Gasteiger partial charge in [0.15, 0.2) is 6.23 Å². The van der Waals surface area contributed by atoms with Crippen molar-refractivity contribution >= 4 is 11.9 Å². The van der Waals surface area contributed by atoms with Crippen molar-refractivity contribution in [1.82, 2.24) is 10.2 Å². The minimum atomic E-state index is -5.10. The van der Waals surface area contributed by atoms with Gasteiger partial charge in [-0.1, -0.05) is 12.1 Å². The summed E-state index contributed by atoms with van der Waals surface area (Å²) in [7, 11) is 0. The lowest BCUT2D eigenvalue weighted by Crippen LogP contribution is -2.63. The van der Waals surface area contributed by atoms with Crippen molar-refractivity contribution in [2.24, 2.45) is 0 Å². The highest BCUT2D eigenvalue weighted by Crippen LogP contribution is 2.30. The molecule has 1 fully saturated rings. The lowest BCUT2D eigenvalue weighted by atomic mass is 9.88. The van der Waals surface area contributed by atoms with E-state index in [-0.39, 0.29) is 30.6 Å². The van der Waals surface area contributed by atoms with E-state index in [0.717, 1.165) is 0 Å². The average Bonchev–Trinajstić information content (AvgIpc) is 2.54. The first kappa shape index (κ1) is 16.3. The highest BCUT2D eigenvalue weighted by molar-refractivity contribution is 5.99. The summed E-state index contributed by atoms with van der Waals surface area (Å²) in [6.45, 7) is 0.435. The van der Waals surface area contributed by atoms with Crippen molar-refractivity contribution in [2.75, 3.05) is 13.1 Å².